The van der Waals surface area contributed by atoms with Gasteiger partial charge in [-0.25, -0.2) is 4.79 Å². The Labute approximate surface area is 180 Å². The number of phenolic OH excluding ortho intramolecular Hbond substituents is 1. The molecule has 172 valence electrons. The second kappa shape index (κ2) is 13.2. The summed E-state index contributed by atoms with van der Waals surface area (Å²) in [6, 6.07) is 3.02. The fourth-order valence-corrected chi connectivity index (χ4v) is 2.67. The Morgan fingerprint density at radius 1 is 1.00 bits per heavy atom. The summed E-state index contributed by atoms with van der Waals surface area (Å²) in [6.45, 7) is 1.47. The van der Waals surface area contributed by atoms with Gasteiger partial charge in [-0.2, -0.15) is 0 Å². The first-order valence-corrected chi connectivity index (χ1v) is 9.97. The van der Waals surface area contributed by atoms with Crippen molar-refractivity contribution in [3.05, 3.63) is 29.8 Å². The van der Waals surface area contributed by atoms with Crippen molar-refractivity contribution in [1.82, 2.24) is 16.0 Å². The van der Waals surface area contributed by atoms with Crippen LogP contribution in [0.4, 0.5) is 0 Å². The molecule has 0 aliphatic rings. The first-order valence-electron chi connectivity index (χ1n) is 9.97. The highest BCUT2D eigenvalue weighted by Crippen LogP contribution is 2.11. The molecule has 3 atom stereocenters. The summed E-state index contributed by atoms with van der Waals surface area (Å²) in [6.07, 6.45) is 1.58. The number of carbonyl (C=O) groups is 4. The summed E-state index contributed by atoms with van der Waals surface area (Å²) < 4.78 is 0. The van der Waals surface area contributed by atoms with E-state index in [1.54, 1.807) is 12.1 Å². The lowest BCUT2D eigenvalue weighted by Crippen LogP contribution is -2.53. The highest BCUT2D eigenvalue weighted by molar-refractivity contribution is 5.92. The van der Waals surface area contributed by atoms with Crippen molar-refractivity contribution < 1.29 is 29.4 Å². The van der Waals surface area contributed by atoms with Crippen LogP contribution in [-0.2, 0) is 25.6 Å². The second-order valence-corrected chi connectivity index (χ2v) is 7.18. The van der Waals surface area contributed by atoms with E-state index in [2.05, 4.69) is 16.0 Å². The Morgan fingerprint density at radius 3 is 2.19 bits per heavy atom. The number of phenols is 1. The molecule has 0 aliphatic heterocycles. The van der Waals surface area contributed by atoms with Gasteiger partial charge in [-0.05, 0) is 50.4 Å². The molecule has 0 spiro atoms. The number of hydrogen-bond donors (Lipinski definition) is 7. The van der Waals surface area contributed by atoms with Crippen molar-refractivity contribution in [3.8, 4) is 5.75 Å². The maximum Gasteiger partial charge on any atom is 0.326 e. The largest absolute Gasteiger partial charge is 0.508 e. The van der Waals surface area contributed by atoms with Crippen molar-refractivity contribution in [2.45, 2.75) is 50.7 Å². The molecule has 31 heavy (non-hydrogen) atoms. The third-order valence-electron chi connectivity index (χ3n) is 4.43. The number of aromatic hydroxyl groups is 1. The van der Waals surface area contributed by atoms with Crippen molar-refractivity contribution in [2.75, 3.05) is 13.1 Å². The van der Waals surface area contributed by atoms with E-state index < -0.39 is 48.4 Å². The van der Waals surface area contributed by atoms with Crippen LogP contribution in [0.3, 0.4) is 0 Å². The third-order valence-corrected chi connectivity index (χ3v) is 4.43. The average molecular weight is 437 g/mol. The average Bonchev–Trinajstić information content (AvgIpc) is 2.72. The van der Waals surface area contributed by atoms with Crippen molar-refractivity contribution in [2.24, 2.45) is 11.5 Å². The van der Waals surface area contributed by atoms with Crippen LogP contribution in [0.2, 0.25) is 0 Å². The van der Waals surface area contributed by atoms with Gasteiger partial charge >= 0.3 is 5.97 Å². The molecular weight excluding hydrogens is 406 g/mol. The number of nitrogens with two attached hydrogens (primary N) is 2. The minimum atomic E-state index is -1.24. The second-order valence-electron chi connectivity index (χ2n) is 7.18. The van der Waals surface area contributed by atoms with Crippen LogP contribution in [-0.4, -0.2) is 65.1 Å². The molecule has 0 saturated carbocycles. The standard InChI is InChI=1S/C20H31N5O6/c1-12(22)18(28)25-15(4-2-3-9-21)19(29)23-11-17(27)24-16(20(30)31)10-13-5-7-14(26)8-6-13/h5-8,12,15-16,26H,2-4,9-11,21-22H2,1H3,(H,23,29)(H,24,27)(H,25,28)(H,30,31). The molecule has 3 unspecified atom stereocenters. The van der Waals surface area contributed by atoms with Crippen LogP contribution in [0.25, 0.3) is 0 Å². The molecule has 1 aromatic rings. The maximum absolute atomic E-state index is 12.4. The predicted octanol–water partition coefficient (Wildman–Crippen LogP) is -1.42. The van der Waals surface area contributed by atoms with Gasteiger partial charge in [0.2, 0.25) is 17.7 Å². The highest BCUT2D eigenvalue weighted by atomic mass is 16.4. The van der Waals surface area contributed by atoms with Gasteiger partial charge < -0.3 is 37.6 Å². The van der Waals surface area contributed by atoms with Crippen molar-refractivity contribution >= 4 is 23.7 Å². The van der Waals surface area contributed by atoms with Gasteiger partial charge in [-0.1, -0.05) is 12.1 Å². The molecule has 0 saturated heterocycles. The molecule has 1 aromatic carbocycles. The van der Waals surface area contributed by atoms with Crippen molar-refractivity contribution in [1.29, 1.82) is 0 Å². The number of rotatable bonds is 13. The van der Waals surface area contributed by atoms with Gasteiger partial charge in [-0.3, -0.25) is 14.4 Å². The minimum Gasteiger partial charge on any atom is -0.508 e. The van der Waals surface area contributed by atoms with Gasteiger partial charge in [0.05, 0.1) is 12.6 Å². The first kappa shape index (κ1) is 25.9. The summed E-state index contributed by atoms with van der Waals surface area (Å²) in [7, 11) is 0. The van der Waals surface area contributed by atoms with Gasteiger partial charge in [0.1, 0.15) is 17.8 Å². The molecule has 11 heteroatoms. The number of carbonyl (C=O) groups excluding carboxylic acids is 3. The molecule has 0 aromatic heterocycles. The Hall–Kier alpha value is -3.18. The van der Waals surface area contributed by atoms with E-state index in [0.717, 1.165) is 0 Å². The molecular formula is C20H31N5O6. The van der Waals surface area contributed by atoms with E-state index in [1.165, 1.54) is 19.1 Å². The number of benzene rings is 1. The highest BCUT2D eigenvalue weighted by Gasteiger charge is 2.24. The smallest absolute Gasteiger partial charge is 0.326 e. The Balaban J connectivity index is 2.63. The molecule has 0 fully saturated rings. The Morgan fingerprint density at radius 2 is 1.65 bits per heavy atom. The molecule has 11 nitrogen and oxygen atoms in total. The summed E-state index contributed by atoms with van der Waals surface area (Å²) in [5.41, 5.74) is 11.6. The summed E-state index contributed by atoms with van der Waals surface area (Å²) in [5.74, 6) is -2.97. The molecule has 3 amide bonds. The van der Waals surface area contributed by atoms with Crippen LogP contribution in [0, 0.1) is 0 Å². The van der Waals surface area contributed by atoms with E-state index in [0.29, 0.717) is 31.4 Å². The van der Waals surface area contributed by atoms with Crippen LogP contribution in [0.15, 0.2) is 24.3 Å². The van der Waals surface area contributed by atoms with Gasteiger partial charge in [-0.15, -0.1) is 0 Å². The number of nitrogens with one attached hydrogen (secondary N) is 3. The van der Waals surface area contributed by atoms with E-state index in [1.807, 2.05) is 0 Å². The fraction of sp³-hybridized carbons (Fsp3) is 0.500. The van der Waals surface area contributed by atoms with Gasteiger partial charge in [0.15, 0.2) is 0 Å². The van der Waals surface area contributed by atoms with Crippen LogP contribution >= 0.6 is 0 Å². The van der Waals surface area contributed by atoms with Crippen molar-refractivity contribution in [3.63, 3.8) is 0 Å². The zero-order chi connectivity index (χ0) is 23.4. The number of aliphatic carboxylic acids is 1. The molecule has 0 aliphatic carbocycles. The van der Waals surface area contributed by atoms with E-state index in [4.69, 9.17) is 11.5 Å². The van der Waals surface area contributed by atoms with E-state index in [9.17, 15) is 29.4 Å². The lowest BCUT2D eigenvalue weighted by Gasteiger charge is -2.20. The number of unbranched alkanes of at least 4 members (excludes halogenated alkanes) is 1. The quantitative estimate of drug-likeness (QED) is 0.182. The Kier molecular flexibility index (Phi) is 11.0. The molecule has 0 heterocycles. The normalized spacial score (nSPS) is 13.5. The molecule has 1 rings (SSSR count). The zero-order valence-electron chi connectivity index (χ0n) is 17.5. The van der Waals surface area contributed by atoms with Crippen LogP contribution in [0.5, 0.6) is 5.75 Å². The number of carboxylic acids is 1. The van der Waals surface area contributed by atoms with Crippen LogP contribution < -0.4 is 27.4 Å². The predicted molar refractivity (Wildman–Crippen MR) is 113 cm³/mol. The van der Waals surface area contributed by atoms with Crippen LogP contribution in [0.1, 0.15) is 31.7 Å². The fourth-order valence-electron chi connectivity index (χ4n) is 2.67. The summed E-state index contributed by atoms with van der Waals surface area (Å²) in [5, 5.41) is 25.9. The number of carboxylic acid groups (broad SMARTS) is 1. The van der Waals surface area contributed by atoms with Gasteiger partial charge in [0.25, 0.3) is 0 Å². The monoisotopic (exact) mass is 437 g/mol. The minimum absolute atomic E-state index is 0.00145. The summed E-state index contributed by atoms with van der Waals surface area (Å²) >= 11 is 0. The van der Waals surface area contributed by atoms with E-state index >= 15 is 0 Å². The third kappa shape index (κ3) is 9.92. The summed E-state index contributed by atoms with van der Waals surface area (Å²) in [4.78, 5) is 47.9. The number of amides is 3. The molecule has 0 bridgehead atoms. The zero-order valence-corrected chi connectivity index (χ0v) is 17.5. The lowest BCUT2D eigenvalue weighted by atomic mass is 10.1. The maximum atomic E-state index is 12.4. The lowest BCUT2D eigenvalue weighted by molar-refractivity contribution is -0.141. The molecule has 0 radical (unpaired) electrons. The topological polar surface area (TPSA) is 197 Å². The molecule has 9 N–H and O–H groups in total. The Bertz CT molecular complexity index is 753. The SMILES string of the molecule is CC(N)C(=O)NC(CCCCN)C(=O)NCC(=O)NC(Cc1ccc(O)cc1)C(=O)O. The first-order chi connectivity index (χ1) is 14.6. The van der Waals surface area contributed by atoms with E-state index in [-0.39, 0.29) is 12.2 Å². The van der Waals surface area contributed by atoms with Gasteiger partial charge in [0, 0.05) is 6.42 Å². The number of hydrogen-bond acceptors (Lipinski definition) is 7.